The van der Waals surface area contributed by atoms with Crippen molar-refractivity contribution in [2.24, 2.45) is 0 Å². The fourth-order valence-electron chi connectivity index (χ4n) is 2.27. The van der Waals surface area contributed by atoms with E-state index in [1.165, 1.54) is 6.07 Å². The van der Waals surface area contributed by atoms with E-state index in [0.717, 1.165) is 6.54 Å². The molecule has 6 nitrogen and oxygen atoms in total. The number of nitrogens with zero attached hydrogens (tertiary/aromatic N) is 1. The molecule has 1 saturated heterocycles. The molecule has 1 aromatic carbocycles. The number of carboxylic acid groups (broad SMARTS) is 1. The predicted octanol–water partition coefficient (Wildman–Crippen LogP) is 0.884. The molecule has 0 amide bonds. The van der Waals surface area contributed by atoms with Crippen LogP contribution in [0.2, 0.25) is 0 Å². The molecule has 0 spiro atoms. The van der Waals surface area contributed by atoms with Crippen molar-refractivity contribution in [3.63, 3.8) is 0 Å². The Hall–Kier alpha value is -1.60. The zero-order chi connectivity index (χ0) is 15.3. The number of hydrogen-bond donors (Lipinski definition) is 1. The van der Waals surface area contributed by atoms with Gasteiger partial charge in [-0.1, -0.05) is 12.1 Å². The van der Waals surface area contributed by atoms with Crippen LogP contribution in [0.15, 0.2) is 24.3 Å². The highest BCUT2D eigenvalue weighted by Crippen LogP contribution is 2.17. The lowest BCUT2D eigenvalue weighted by Gasteiger charge is -2.19. The van der Waals surface area contributed by atoms with Crippen molar-refractivity contribution >= 4 is 15.8 Å². The van der Waals surface area contributed by atoms with Gasteiger partial charge in [-0.25, -0.2) is 13.2 Å². The molecule has 1 aliphatic heterocycles. The van der Waals surface area contributed by atoms with E-state index in [9.17, 15) is 13.2 Å². The first-order valence-corrected chi connectivity index (χ1v) is 8.68. The van der Waals surface area contributed by atoms with Gasteiger partial charge in [-0.2, -0.15) is 0 Å². The van der Waals surface area contributed by atoms with Crippen molar-refractivity contribution in [1.29, 1.82) is 0 Å². The number of rotatable bonds is 5. The minimum atomic E-state index is -2.91. The van der Waals surface area contributed by atoms with Gasteiger partial charge in [0.15, 0.2) is 9.84 Å². The third-order valence-corrected chi connectivity index (χ3v) is 5.15. The average Bonchev–Trinajstić information content (AvgIpc) is 2.60. The summed E-state index contributed by atoms with van der Waals surface area (Å²) in [5.74, 6) is -0.260. The summed E-state index contributed by atoms with van der Waals surface area (Å²) in [7, 11) is -2.91. The molecule has 0 aliphatic carbocycles. The van der Waals surface area contributed by atoms with Crippen molar-refractivity contribution in [3.8, 4) is 5.75 Å². The normalized spacial score (nSPS) is 18.9. The third kappa shape index (κ3) is 4.71. The second-order valence-corrected chi connectivity index (χ2v) is 7.30. The van der Waals surface area contributed by atoms with Crippen LogP contribution in [0, 0.1) is 0 Å². The van der Waals surface area contributed by atoms with Gasteiger partial charge in [-0.05, 0) is 25.1 Å². The largest absolute Gasteiger partial charge is 0.491 e. The maximum absolute atomic E-state index is 11.5. The van der Waals surface area contributed by atoms with Crippen LogP contribution in [0.1, 0.15) is 16.8 Å². The van der Waals surface area contributed by atoms with Gasteiger partial charge in [-0.15, -0.1) is 0 Å². The van der Waals surface area contributed by atoms with Crippen LogP contribution in [-0.4, -0.2) is 62.1 Å². The Labute approximate surface area is 124 Å². The van der Waals surface area contributed by atoms with Crippen molar-refractivity contribution in [2.45, 2.75) is 6.42 Å². The quantitative estimate of drug-likeness (QED) is 0.869. The maximum Gasteiger partial charge on any atom is 0.339 e. The average molecular weight is 313 g/mol. The van der Waals surface area contributed by atoms with E-state index in [1.807, 2.05) is 4.90 Å². The number of aromatic carboxylic acids is 1. The molecule has 0 bridgehead atoms. The molecule has 21 heavy (non-hydrogen) atoms. The number of sulfone groups is 1. The van der Waals surface area contributed by atoms with Gasteiger partial charge in [0.1, 0.15) is 17.9 Å². The predicted molar refractivity (Wildman–Crippen MR) is 78.6 cm³/mol. The molecule has 0 radical (unpaired) electrons. The van der Waals surface area contributed by atoms with Crippen LogP contribution >= 0.6 is 0 Å². The summed E-state index contributed by atoms with van der Waals surface area (Å²) in [4.78, 5) is 13.1. The summed E-state index contributed by atoms with van der Waals surface area (Å²) >= 11 is 0. The minimum Gasteiger partial charge on any atom is -0.491 e. The second-order valence-electron chi connectivity index (χ2n) is 5.00. The highest BCUT2D eigenvalue weighted by molar-refractivity contribution is 7.91. The summed E-state index contributed by atoms with van der Waals surface area (Å²) in [5.41, 5.74) is 0.135. The number of carbonyl (C=O) groups is 1. The van der Waals surface area contributed by atoms with Gasteiger partial charge in [-0.3, -0.25) is 4.90 Å². The van der Waals surface area contributed by atoms with Crippen molar-refractivity contribution in [2.75, 3.05) is 37.7 Å². The highest BCUT2D eigenvalue weighted by Gasteiger charge is 2.19. The summed E-state index contributed by atoms with van der Waals surface area (Å²) in [6, 6.07) is 6.49. The van der Waals surface area contributed by atoms with E-state index in [4.69, 9.17) is 9.84 Å². The summed E-state index contributed by atoms with van der Waals surface area (Å²) in [6.07, 6.45) is 0.633. The van der Waals surface area contributed by atoms with E-state index in [2.05, 4.69) is 0 Å². The topological polar surface area (TPSA) is 83.9 Å². The van der Waals surface area contributed by atoms with Gasteiger partial charge in [0.05, 0.1) is 11.5 Å². The molecule has 1 fully saturated rings. The van der Waals surface area contributed by atoms with E-state index in [0.29, 0.717) is 31.9 Å². The lowest BCUT2D eigenvalue weighted by atomic mass is 10.2. The first kappa shape index (κ1) is 15.8. The molecule has 1 aliphatic rings. The van der Waals surface area contributed by atoms with Crippen LogP contribution < -0.4 is 4.74 Å². The molecule has 116 valence electrons. The maximum atomic E-state index is 11.5. The lowest BCUT2D eigenvalue weighted by Crippen LogP contribution is -2.31. The first-order valence-electron chi connectivity index (χ1n) is 6.86. The van der Waals surface area contributed by atoms with Gasteiger partial charge in [0, 0.05) is 13.1 Å². The second kappa shape index (κ2) is 6.91. The molecular formula is C14H19NO5S. The summed E-state index contributed by atoms with van der Waals surface area (Å²) in [5, 5.41) is 9.05. The molecule has 7 heteroatoms. The molecule has 0 atom stereocenters. The van der Waals surface area contributed by atoms with Crippen LogP contribution in [0.3, 0.4) is 0 Å². The Morgan fingerprint density at radius 1 is 1.24 bits per heavy atom. The number of ether oxygens (including phenoxy) is 1. The molecule has 0 aromatic heterocycles. The Balaban J connectivity index is 1.86. The van der Waals surface area contributed by atoms with E-state index in [-0.39, 0.29) is 17.1 Å². The monoisotopic (exact) mass is 313 g/mol. The van der Waals surface area contributed by atoms with Crippen molar-refractivity contribution in [3.05, 3.63) is 29.8 Å². The highest BCUT2D eigenvalue weighted by atomic mass is 32.2. The van der Waals surface area contributed by atoms with E-state index in [1.54, 1.807) is 18.2 Å². The molecule has 1 N–H and O–H groups in total. The SMILES string of the molecule is O=C(O)c1ccccc1OCCN1CCCS(=O)(=O)CC1. The fraction of sp³-hybridized carbons (Fsp3) is 0.500. The van der Waals surface area contributed by atoms with E-state index >= 15 is 0 Å². The Bertz CT molecular complexity index is 599. The van der Waals surface area contributed by atoms with Crippen molar-refractivity contribution in [1.82, 2.24) is 4.90 Å². The van der Waals surface area contributed by atoms with Gasteiger partial charge in [0.2, 0.25) is 0 Å². The lowest BCUT2D eigenvalue weighted by molar-refractivity contribution is 0.0691. The Kier molecular flexibility index (Phi) is 5.19. The minimum absolute atomic E-state index is 0.135. The zero-order valence-corrected chi connectivity index (χ0v) is 12.5. The number of para-hydroxylation sites is 1. The molecule has 1 heterocycles. The fourth-order valence-corrected chi connectivity index (χ4v) is 3.58. The zero-order valence-electron chi connectivity index (χ0n) is 11.7. The number of hydrogen-bond acceptors (Lipinski definition) is 5. The number of carboxylic acids is 1. The van der Waals surface area contributed by atoms with Crippen LogP contribution in [-0.2, 0) is 9.84 Å². The smallest absolute Gasteiger partial charge is 0.339 e. The Morgan fingerprint density at radius 3 is 2.76 bits per heavy atom. The van der Waals surface area contributed by atoms with Gasteiger partial charge < -0.3 is 9.84 Å². The molecular weight excluding hydrogens is 294 g/mol. The summed E-state index contributed by atoms with van der Waals surface area (Å²) in [6.45, 7) is 2.16. The standard InChI is InChI=1S/C14H19NO5S/c16-14(17)12-4-1-2-5-13(12)20-9-7-15-6-3-10-21(18,19)11-8-15/h1-2,4-5H,3,6-11H2,(H,16,17). The molecule has 0 unspecified atom stereocenters. The molecule has 1 aromatic rings. The first-order chi connectivity index (χ1) is 9.98. The Morgan fingerprint density at radius 2 is 2.00 bits per heavy atom. The number of benzene rings is 1. The van der Waals surface area contributed by atoms with Gasteiger partial charge in [0.25, 0.3) is 0 Å². The van der Waals surface area contributed by atoms with Gasteiger partial charge >= 0.3 is 5.97 Å². The summed E-state index contributed by atoms with van der Waals surface area (Å²) < 4.78 is 28.5. The molecule has 2 rings (SSSR count). The van der Waals surface area contributed by atoms with Crippen LogP contribution in [0.25, 0.3) is 0 Å². The van der Waals surface area contributed by atoms with E-state index < -0.39 is 15.8 Å². The van der Waals surface area contributed by atoms with Crippen molar-refractivity contribution < 1.29 is 23.1 Å². The molecule has 0 saturated carbocycles. The van der Waals surface area contributed by atoms with Crippen LogP contribution in [0.4, 0.5) is 0 Å². The van der Waals surface area contributed by atoms with Crippen LogP contribution in [0.5, 0.6) is 5.75 Å². The third-order valence-electron chi connectivity index (χ3n) is 3.43.